The van der Waals surface area contributed by atoms with Gasteiger partial charge in [0.2, 0.25) is 15.9 Å². The maximum absolute atomic E-state index is 13.5. The Kier molecular flexibility index (Phi) is 5.46. The van der Waals surface area contributed by atoms with Gasteiger partial charge in [-0.2, -0.15) is 0 Å². The highest BCUT2D eigenvalue weighted by molar-refractivity contribution is 7.88. The molecule has 5 nitrogen and oxygen atoms in total. The van der Waals surface area contributed by atoms with E-state index in [9.17, 15) is 17.6 Å². The Morgan fingerprint density at radius 3 is 2.35 bits per heavy atom. The monoisotopic (exact) mass is 336 g/mol. The lowest BCUT2D eigenvalue weighted by molar-refractivity contribution is -0.115. The highest BCUT2D eigenvalue weighted by atomic mass is 32.2. The van der Waals surface area contributed by atoms with Gasteiger partial charge >= 0.3 is 0 Å². The Morgan fingerprint density at radius 2 is 1.74 bits per heavy atom. The minimum Gasteiger partial charge on any atom is -0.326 e. The molecule has 0 aromatic heterocycles. The first kappa shape index (κ1) is 17.1. The molecule has 2 rings (SSSR count). The molecule has 0 saturated carbocycles. The van der Waals surface area contributed by atoms with Crippen LogP contribution < -0.4 is 10.0 Å². The van der Waals surface area contributed by atoms with Gasteiger partial charge in [0, 0.05) is 12.2 Å². The Labute approximate surface area is 134 Å². The first-order valence-corrected chi connectivity index (χ1v) is 8.79. The van der Waals surface area contributed by atoms with Gasteiger partial charge in [0.05, 0.1) is 12.7 Å². The third-order valence-corrected chi connectivity index (χ3v) is 3.75. The van der Waals surface area contributed by atoms with Gasteiger partial charge in [-0.3, -0.25) is 4.79 Å². The van der Waals surface area contributed by atoms with Crippen LogP contribution in [0.4, 0.5) is 10.1 Å². The number of carbonyl (C=O) groups excluding carboxylic acids is 1. The summed E-state index contributed by atoms with van der Waals surface area (Å²) in [5, 5.41) is 2.67. The summed E-state index contributed by atoms with van der Waals surface area (Å²) in [5.41, 5.74) is 1.66. The Morgan fingerprint density at radius 1 is 1.09 bits per heavy atom. The van der Waals surface area contributed by atoms with Crippen LogP contribution >= 0.6 is 0 Å². The number of carbonyl (C=O) groups is 1. The van der Waals surface area contributed by atoms with E-state index in [1.54, 1.807) is 42.5 Å². The van der Waals surface area contributed by atoms with Crippen LogP contribution in [0, 0.1) is 5.82 Å². The largest absolute Gasteiger partial charge is 0.326 e. The zero-order chi connectivity index (χ0) is 16.9. The molecule has 0 aliphatic carbocycles. The van der Waals surface area contributed by atoms with Crippen molar-refractivity contribution in [1.29, 1.82) is 0 Å². The van der Waals surface area contributed by atoms with E-state index in [4.69, 9.17) is 0 Å². The SMILES string of the molecule is CS(=O)(=O)NCc1ccc(NC(=O)Cc2ccccc2F)cc1. The fourth-order valence-electron chi connectivity index (χ4n) is 1.94. The van der Waals surface area contributed by atoms with Crippen molar-refractivity contribution >= 4 is 21.6 Å². The minimum absolute atomic E-state index is 0.0515. The summed E-state index contributed by atoms with van der Waals surface area (Å²) in [4.78, 5) is 11.9. The van der Waals surface area contributed by atoms with Crippen LogP contribution in [0.5, 0.6) is 0 Å². The van der Waals surface area contributed by atoms with Crippen molar-refractivity contribution in [3.8, 4) is 0 Å². The molecule has 1 amide bonds. The molecule has 0 atom stereocenters. The van der Waals surface area contributed by atoms with Crippen LogP contribution in [0.3, 0.4) is 0 Å². The van der Waals surface area contributed by atoms with E-state index in [1.807, 2.05) is 0 Å². The summed E-state index contributed by atoms with van der Waals surface area (Å²) < 4.78 is 37.9. The van der Waals surface area contributed by atoms with Gasteiger partial charge in [-0.1, -0.05) is 30.3 Å². The summed E-state index contributed by atoms with van der Waals surface area (Å²) in [6.07, 6.45) is 1.04. The molecule has 0 bridgehead atoms. The lowest BCUT2D eigenvalue weighted by Crippen LogP contribution is -2.21. The maximum atomic E-state index is 13.5. The molecule has 0 fully saturated rings. The molecular formula is C16H17FN2O3S. The molecule has 0 saturated heterocycles. The van der Waals surface area contributed by atoms with Crippen molar-refractivity contribution in [3.05, 3.63) is 65.5 Å². The molecule has 23 heavy (non-hydrogen) atoms. The topological polar surface area (TPSA) is 75.3 Å². The molecule has 2 aromatic carbocycles. The molecule has 0 radical (unpaired) electrons. The molecule has 2 aromatic rings. The number of benzene rings is 2. The Balaban J connectivity index is 1.93. The number of amides is 1. The fraction of sp³-hybridized carbons (Fsp3) is 0.188. The number of sulfonamides is 1. The van der Waals surface area contributed by atoms with Crippen molar-refractivity contribution in [2.75, 3.05) is 11.6 Å². The predicted octanol–water partition coefficient (Wildman–Crippen LogP) is 2.06. The normalized spacial score (nSPS) is 11.2. The summed E-state index contributed by atoms with van der Waals surface area (Å²) >= 11 is 0. The predicted molar refractivity (Wildman–Crippen MR) is 86.9 cm³/mol. The number of rotatable bonds is 6. The third-order valence-electron chi connectivity index (χ3n) is 3.09. The standard InChI is InChI=1S/C16H17FN2O3S/c1-23(21,22)18-11-12-6-8-14(9-7-12)19-16(20)10-13-4-2-3-5-15(13)17/h2-9,18H,10-11H2,1H3,(H,19,20). The van der Waals surface area contributed by atoms with Gasteiger partial charge in [-0.05, 0) is 29.3 Å². The van der Waals surface area contributed by atoms with E-state index in [-0.39, 0.29) is 18.9 Å². The van der Waals surface area contributed by atoms with E-state index in [0.29, 0.717) is 11.3 Å². The fourth-order valence-corrected chi connectivity index (χ4v) is 2.37. The summed E-state index contributed by atoms with van der Waals surface area (Å²) in [6.45, 7) is 0.183. The number of hydrogen-bond donors (Lipinski definition) is 2. The lowest BCUT2D eigenvalue weighted by Gasteiger charge is -2.07. The molecule has 122 valence electrons. The molecule has 0 aliphatic heterocycles. The molecule has 0 spiro atoms. The molecule has 0 aliphatic rings. The van der Waals surface area contributed by atoms with Crippen molar-refractivity contribution in [1.82, 2.24) is 4.72 Å². The molecular weight excluding hydrogens is 319 g/mol. The van der Waals surface area contributed by atoms with Gasteiger partial charge in [0.1, 0.15) is 5.82 Å². The second kappa shape index (κ2) is 7.34. The first-order chi connectivity index (χ1) is 10.8. The number of halogens is 1. The van der Waals surface area contributed by atoms with E-state index < -0.39 is 15.8 Å². The summed E-state index contributed by atoms with van der Waals surface area (Å²) in [5.74, 6) is -0.734. The second-order valence-corrected chi connectivity index (χ2v) is 6.94. The summed E-state index contributed by atoms with van der Waals surface area (Å²) in [6, 6.07) is 12.9. The van der Waals surface area contributed by atoms with Gasteiger partial charge in [0.25, 0.3) is 0 Å². The Bertz CT molecular complexity index is 789. The average molecular weight is 336 g/mol. The highest BCUT2D eigenvalue weighted by Crippen LogP contribution is 2.12. The van der Waals surface area contributed by atoms with Crippen LogP contribution in [-0.2, 0) is 27.8 Å². The van der Waals surface area contributed by atoms with Crippen LogP contribution in [-0.4, -0.2) is 20.6 Å². The second-order valence-electron chi connectivity index (χ2n) is 5.11. The van der Waals surface area contributed by atoms with Gasteiger partial charge < -0.3 is 5.32 Å². The van der Waals surface area contributed by atoms with Crippen LogP contribution in [0.1, 0.15) is 11.1 Å². The van der Waals surface area contributed by atoms with E-state index in [2.05, 4.69) is 10.0 Å². The first-order valence-electron chi connectivity index (χ1n) is 6.90. The molecule has 0 heterocycles. The zero-order valence-electron chi connectivity index (χ0n) is 12.5. The van der Waals surface area contributed by atoms with E-state index in [0.717, 1.165) is 11.8 Å². The quantitative estimate of drug-likeness (QED) is 0.848. The zero-order valence-corrected chi connectivity index (χ0v) is 13.4. The smallest absolute Gasteiger partial charge is 0.228 e. The Hall–Kier alpha value is -2.25. The highest BCUT2D eigenvalue weighted by Gasteiger charge is 2.08. The van der Waals surface area contributed by atoms with Crippen molar-refractivity contribution in [2.24, 2.45) is 0 Å². The summed E-state index contributed by atoms with van der Waals surface area (Å²) in [7, 11) is -3.25. The molecule has 7 heteroatoms. The van der Waals surface area contributed by atoms with E-state index in [1.165, 1.54) is 6.07 Å². The van der Waals surface area contributed by atoms with Crippen LogP contribution in [0.15, 0.2) is 48.5 Å². The van der Waals surface area contributed by atoms with Crippen molar-refractivity contribution in [3.63, 3.8) is 0 Å². The maximum Gasteiger partial charge on any atom is 0.228 e. The van der Waals surface area contributed by atoms with E-state index >= 15 is 0 Å². The van der Waals surface area contributed by atoms with Crippen molar-refractivity contribution < 1.29 is 17.6 Å². The molecule has 0 unspecified atom stereocenters. The van der Waals surface area contributed by atoms with Gasteiger partial charge in [-0.15, -0.1) is 0 Å². The molecule has 2 N–H and O–H groups in total. The number of nitrogens with one attached hydrogen (secondary N) is 2. The number of hydrogen-bond acceptors (Lipinski definition) is 3. The average Bonchev–Trinajstić information content (AvgIpc) is 2.48. The lowest BCUT2D eigenvalue weighted by atomic mass is 10.1. The van der Waals surface area contributed by atoms with Gasteiger partial charge in [-0.25, -0.2) is 17.5 Å². The van der Waals surface area contributed by atoms with Crippen LogP contribution in [0.25, 0.3) is 0 Å². The van der Waals surface area contributed by atoms with Crippen LogP contribution in [0.2, 0.25) is 0 Å². The van der Waals surface area contributed by atoms with Gasteiger partial charge in [0.15, 0.2) is 0 Å². The minimum atomic E-state index is -3.25. The van der Waals surface area contributed by atoms with Crippen molar-refractivity contribution in [2.45, 2.75) is 13.0 Å². The number of anilines is 1. The third kappa shape index (κ3) is 5.80.